The average Bonchev–Trinajstić information content (AvgIpc) is 2.39. The second kappa shape index (κ2) is 6.15. The molecule has 1 aliphatic rings. The summed E-state index contributed by atoms with van der Waals surface area (Å²) in [7, 11) is 0. The highest BCUT2D eigenvalue weighted by atomic mass is 19.4. The molecule has 1 fully saturated rings. The van der Waals surface area contributed by atoms with Crippen LogP contribution >= 0.6 is 0 Å². The number of urea groups is 1. The normalized spacial score (nSPS) is 23.1. The van der Waals surface area contributed by atoms with Crippen molar-refractivity contribution in [3.63, 3.8) is 0 Å². The molecular formula is C14H17F3N2O. The molecule has 20 heavy (non-hydrogen) atoms. The summed E-state index contributed by atoms with van der Waals surface area (Å²) in [5.41, 5.74) is 0.661. The molecule has 1 aromatic carbocycles. The van der Waals surface area contributed by atoms with E-state index in [1.54, 1.807) is 24.3 Å². The zero-order chi connectivity index (χ0) is 14.6. The van der Waals surface area contributed by atoms with Crippen molar-refractivity contribution in [2.45, 2.75) is 37.9 Å². The van der Waals surface area contributed by atoms with Gasteiger partial charge in [0.15, 0.2) is 0 Å². The molecule has 2 rings (SSSR count). The average molecular weight is 286 g/mol. The molecule has 0 bridgehead atoms. The van der Waals surface area contributed by atoms with E-state index in [1.807, 2.05) is 6.07 Å². The summed E-state index contributed by atoms with van der Waals surface area (Å²) < 4.78 is 37.6. The van der Waals surface area contributed by atoms with Gasteiger partial charge in [0.05, 0.1) is 5.92 Å². The number of nitrogens with one attached hydrogen (secondary N) is 2. The van der Waals surface area contributed by atoms with Gasteiger partial charge in [0, 0.05) is 11.7 Å². The van der Waals surface area contributed by atoms with Crippen LogP contribution in [0.1, 0.15) is 25.7 Å². The van der Waals surface area contributed by atoms with Gasteiger partial charge in [-0.25, -0.2) is 4.79 Å². The SMILES string of the molecule is O=C(Nc1ccccc1)NC1CCC(C(F)(F)F)CC1. The number of amides is 2. The van der Waals surface area contributed by atoms with Gasteiger partial charge in [-0.2, -0.15) is 13.2 Å². The summed E-state index contributed by atoms with van der Waals surface area (Å²) in [5.74, 6) is -1.22. The van der Waals surface area contributed by atoms with Crippen LogP contribution in [0.15, 0.2) is 30.3 Å². The molecule has 0 unspecified atom stereocenters. The van der Waals surface area contributed by atoms with Crippen molar-refractivity contribution in [1.82, 2.24) is 5.32 Å². The Morgan fingerprint density at radius 2 is 1.65 bits per heavy atom. The quantitative estimate of drug-likeness (QED) is 0.849. The van der Waals surface area contributed by atoms with E-state index in [9.17, 15) is 18.0 Å². The fraction of sp³-hybridized carbons (Fsp3) is 0.500. The van der Waals surface area contributed by atoms with Crippen LogP contribution < -0.4 is 10.6 Å². The molecular weight excluding hydrogens is 269 g/mol. The minimum atomic E-state index is -4.11. The third kappa shape index (κ3) is 4.15. The number of carbonyl (C=O) groups excluding carboxylic acids is 1. The lowest BCUT2D eigenvalue weighted by Gasteiger charge is -2.30. The Hall–Kier alpha value is -1.72. The highest BCUT2D eigenvalue weighted by molar-refractivity contribution is 5.89. The maximum absolute atomic E-state index is 12.5. The van der Waals surface area contributed by atoms with E-state index in [0.29, 0.717) is 18.5 Å². The summed E-state index contributed by atoms with van der Waals surface area (Å²) in [4.78, 5) is 11.7. The van der Waals surface area contributed by atoms with Gasteiger partial charge in [-0.05, 0) is 37.8 Å². The molecule has 1 aliphatic carbocycles. The third-order valence-electron chi connectivity index (χ3n) is 3.56. The fourth-order valence-electron chi connectivity index (χ4n) is 2.44. The minimum absolute atomic E-state index is 0.0831. The van der Waals surface area contributed by atoms with Crippen molar-refractivity contribution < 1.29 is 18.0 Å². The van der Waals surface area contributed by atoms with Gasteiger partial charge < -0.3 is 10.6 Å². The van der Waals surface area contributed by atoms with E-state index >= 15 is 0 Å². The monoisotopic (exact) mass is 286 g/mol. The van der Waals surface area contributed by atoms with Crippen LogP contribution in [0.4, 0.5) is 23.7 Å². The molecule has 0 spiro atoms. The predicted molar refractivity (Wildman–Crippen MR) is 70.4 cm³/mol. The largest absolute Gasteiger partial charge is 0.391 e. The summed E-state index contributed by atoms with van der Waals surface area (Å²) in [6.45, 7) is 0. The first kappa shape index (κ1) is 14.7. The number of anilines is 1. The Morgan fingerprint density at radius 1 is 1.05 bits per heavy atom. The molecule has 0 saturated heterocycles. The van der Waals surface area contributed by atoms with Crippen molar-refractivity contribution in [1.29, 1.82) is 0 Å². The second-order valence-corrected chi connectivity index (χ2v) is 5.05. The molecule has 0 aliphatic heterocycles. The van der Waals surface area contributed by atoms with E-state index < -0.39 is 12.1 Å². The molecule has 0 heterocycles. The van der Waals surface area contributed by atoms with Gasteiger partial charge in [-0.15, -0.1) is 0 Å². The summed E-state index contributed by atoms with van der Waals surface area (Å²) in [5, 5.41) is 5.38. The molecule has 0 aromatic heterocycles. The van der Waals surface area contributed by atoms with E-state index in [4.69, 9.17) is 0 Å². The van der Waals surface area contributed by atoms with Crippen LogP contribution in [-0.4, -0.2) is 18.2 Å². The van der Waals surface area contributed by atoms with Crippen LogP contribution in [0, 0.1) is 5.92 Å². The van der Waals surface area contributed by atoms with Gasteiger partial charge in [-0.1, -0.05) is 18.2 Å². The van der Waals surface area contributed by atoms with Gasteiger partial charge >= 0.3 is 12.2 Å². The number of alkyl halides is 3. The van der Waals surface area contributed by atoms with Gasteiger partial charge in [0.2, 0.25) is 0 Å². The first-order valence-electron chi connectivity index (χ1n) is 6.64. The number of carbonyl (C=O) groups is 1. The molecule has 1 saturated carbocycles. The number of halogens is 3. The molecule has 1 aromatic rings. The topological polar surface area (TPSA) is 41.1 Å². The third-order valence-corrected chi connectivity index (χ3v) is 3.56. The highest BCUT2D eigenvalue weighted by Crippen LogP contribution is 2.37. The van der Waals surface area contributed by atoms with Gasteiger partial charge in [0.25, 0.3) is 0 Å². The number of benzene rings is 1. The molecule has 6 heteroatoms. The van der Waals surface area contributed by atoms with Crippen LogP contribution in [0.5, 0.6) is 0 Å². The van der Waals surface area contributed by atoms with Crippen molar-refractivity contribution in [3.05, 3.63) is 30.3 Å². The molecule has 3 nitrogen and oxygen atoms in total. The van der Waals surface area contributed by atoms with Crippen LogP contribution in [0.3, 0.4) is 0 Å². The zero-order valence-electron chi connectivity index (χ0n) is 10.9. The lowest BCUT2D eigenvalue weighted by molar-refractivity contribution is -0.182. The summed E-state index contributed by atoms with van der Waals surface area (Å²) in [6, 6.07) is 8.37. The molecule has 0 atom stereocenters. The Balaban J connectivity index is 1.77. The van der Waals surface area contributed by atoms with E-state index in [0.717, 1.165) is 0 Å². The van der Waals surface area contributed by atoms with Gasteiger partial charge in [-0.3, -0.25) is 0 Å². The van der Waals surface area contributed by atoms with Crippen molar-refractivity contribution in [3.8, 4) is 0 Å². The fourth-order valence-corrected chi connectivity index (χ4v) is 2.44. The lowest BCUT2D eigenvalue weighted by Crippen LogP contribution is -2.41. The Kier molecular flexibility index (Phi) is 4.52. The lowest BCUT2D eigenvalue weighted by atomic mass is 9.86. The first-order valence-corrected chi connectivity index (χ1v) is 6.64. The van der Waals surface area contributed by atoms with E-state index in [-0.39, 0.29) is 24.9 Å². The highest BCUT2D eigenvalue weighted by Gasteiger charge is 2.41. The second-order valence-electron chi connectivity index (χ2n) is 5.05. The van der Waals surface area contributed by atoms with E-state index in [1.165, 1.54) is 0 Å². The van der Waals surface area contributed by atoms with Crippen LogP contribution in [0.2, 0.25) is 0 Å². The Bertz CT molecular complexity index is 439. The maximum atomic E-state index is 12.5. The van der Waals surface area contributed by atoms with Gasteiger partial charge in [0.1, 0.15) is 0 Å². The van der Waals surface area contributed by atoms with E-state index in [2.05, 4.69) is 10.6 Å². The van der Waals surface area contributed by atoms with Crippen LogP contribution in [0.25, 0.3) is 0 Å². The van der Waals surface area contributed by atoms with Crippen molar-refractivity contribution >= 4 is 11.7 Å². The Labute approximate surface area is 115 Å². The molecule has 0 radical (unpaired) electrons. The minimum Gasteiger partial charge on any atom is -0.335 e. The van der Waals surface area contributed by atoms with Crippen molar-refractivity contribution in [2.75, 3.05) is 5.32 Å². The summed E-state index contributed by atoms with van der Waals surface area (Å²) >= 11 is 0. The molecule has 110 valence electrons. The summed E-state index contributed by atoms with van der Waals surface area (Å²) in [6.07, 6.45) is -3.21. The molecule has 2 N–H and O–H groups in total. The maximum Gasteiger partial charge on any atom is 0.391 e. The number of rotatable bonds is 2. The number of hydrogen-bond acceptors (Lipinski definition) is 1. The first-order chi connectivity index (χ1) is 9.45. The predicted octanol–water partition coefficient (Wildman–Crippen LogP) is 3.93. The number of para-hydroxylation sites is 1. The smallest absolute Gasteiger partial charge is 0.335 e. The van der Waals surface area contributed by atoms with Crippen LogP contribution in [-0.2, 0) is 0 Å². The zero-order valence-corrected chi connectivity index (χ0v) is 10.9. The molecule has 2 amide bonds. The van der Waals surface area contributed by atoms with Crippen molar-refractivity contribution in [2.24, 2.45) is 5.92 Å². The Morgan fingerprint density at radius 3 is 2.20 bits per heavy atom. The number of hydrogen-bond donors (Lipinski definition) is 2. The standard InChI is InChI=1S/C14H17F3N2O/c15-14(16,17)10-6-8-12(9-7-10)19-13(20)18-11-4-2-1-3-5-11/h1-5,10,12H,6-9H2,(H2,18,19,20).